The van der Waals surface area contributed by atoms with Crippen LogP contribution in [0.3, 0.4) is 0 Å². The van der Waals surface area contributed by atoms with Crippen LogP contribution in [0.2, 0.25) is 0 Å². The van der Waals surface area contributed by atoms with Crippen LogP contribution in [0.4, 0.5) is 5.69 Å². The van der Waals surface area contributed by atoms with Gasteiger partial charge in [0.05, 0.1) is 26.1 Å². The number of methoxy groups -OCH3 is 2. The lowest BCUT2D eigenvalue weighted by molar-refractivity contribution is 0.0988. The molecule has 0 saturated carbocycles. The monoisotopic (exact) mass is 397 g/mol. The fraction of sp³-hybridized carbons (Fsp3) is 0.211. The summed E-state index contributed by atoms with van der Waals surface area (Å²) in [4.78, 5) is 31.8. The fourth-order valence-corrected chi connectivity index (χ4v) is 3.16. The number of carbonyl (C=O) groups excluding carboxylic acids is 1. The van der Waals surface area contributed by atoms with Gasteiger partial charge in [-0.05, 0) is 55.1 Å². The van der Waals surface area contributed by atoms with E-state index in [-0.39, 0.29) is 17.9 Å². The molecular formula is C19H19N5O3S. The van der Waals surface area contributed by atoms with Crippen LogP contribution in [0.5, 0.6) is 12.0 Å². The zero-order valence-corrected chi connectivity index (χ0v) is 16.5. The Morgan fingerprint density at radius 2 is 1.71 bits per heavy atom. The molecule has 1 amide bonds. The van der Waals surface area contributed by atoms with Crippen LogP contribution in [-0.4, -0.2) is 46.6 Å². The summed E-state index contributed by atoms with van der Waals surface area (Å²) in [6.07, 6.45) is 3.35. The van der Waals surface area contributed by atoms with E-state index in [1.165, 1.54) is 26.0 Å². The van der Waals surface area contributed by atoms with Crippen molar-refractivity contribution in [3.05, 3.63) is 54.4 Å². The predicted molar refractivity (Wildman–Crippen MR) is 105 cm³/mol. The van der Waals surface area contributed by atoms with Gasteiger partial charge in [-0.1, -0.05) is 0 Å². The second kappa shape index (κ2) is 9.14. The van der Waals surface area contributed by atoms with Crippen molar-refractivity contribution < 1.29 is 14.3 Å². The number of carbonyl (C=O) groups is 1. The second-order valence-corrected chi connectivity index (χ2v) is 6.52. The van der Waals surface area contributed by atoms with Crippen molar-refractivity contribution in [2.75, 3.05) is 25.7 Å². The number of anilines is 1. The molecule has 0 aliphatic heterocycles. The Kier molecular flexibility index (Phi) is 6.38. The largest absolute Gasteiger partial charge is 0.467 e. The van der Waals surface area contributed by atoms with Crippen LogP contribution in [0.15, 0.2) is 58.8 Å². The summed E-state index contributed by atoms with van der Waals surface area (Å²) >= 11 is 1.32. The highest BCUT2D eigenvalue weighted by molar-refractivity contribution is 7.99. The fourth-order valence-electron chi connectivity index (χ4n) is 2.43. The minimum Gasteiger partial charge on any atom is -0.467 e. The SMILES string of the molecule is CCN(C(=O)c1ccc(Sc2nc(OC)nc(OC)n2)cc1)c1cccnc1. The molecule has 2 aromatic heterocycles. The minimum absolute atomic E-state index is 0.0875. The number of ether oxygens (including phenoxy) is 2. The lowest BCUT2D eigenvalue weighted by Gasteiger charge is -2.20. The number of pyridine rings is 1. The first kappa shape index (κ1) is 19.6. The summed E-state index contributed by atoms with van der Waals surface area (Å²) in [5.41, 5.74) is 1.35. The molecule has 1 aromatic carbocycles. The quantitative estimate of drug-likeness (QED) is 0.601. The van der Waals surface area contributed by atoms with Crippen LogP contribution in [0.25, 0.3) is 0 Å². The maximum atomic E-state index is 12.8. The van der Waals surface area contributed by atoms with Gasteiger partial charge in [-0.2, -0.15) is 9.97 Å². The number of hydrogen-bond donors (Lipinski definition) is 0. The lowest BCUT2D eigenvalue weighted by atomic mass is 10.2. The topological polar surface area (TPSA) is 90.3 Å². The molecule has 0 unspecified atom stereocenters. The molecule has 9 heteroatoms. The van der Waals surface area contributed by atoms with Crippen molar-refractivity contribution in [1.29, 1.82) is 0 Å². The highest BCUT2D eigenvalue weighted by Gasteiger charge is 2.16. The molecule has 0 bridgehead atoms. The van der Waals surface area contributed by atoms with E-state index >= 15 is 0 Å². The first-order chi connectivity index (χ1) is 13.6. The van der Waals surface area contributed by atoms with Crippen molar-refractivity contribution in [3.63, 3.8) is 0 Å². The van der Waals surface area contributed by atoms with E-state index in [0.717, 1.165) is 10.6 Å². The third-order valence-electron chi connectivity index (χ3n) is 3.77. The summed E-state index contributed by atoms with van der Waals surface area (Å²) in [7, 11) is 2.96. The Labute approximate surface area is 167 Å². The maximum Gasteiger partial charge on any atom is 0.323 e. The molecule has 28 heavy (non-hydrogen) atoms. The van der Waals surface area contributed by atoms with E-state index in [1.54, 1.807) is 29.4 Å². The number of amides is 1. The molecule has 3 rings (SSSR count). The van der Waals surface area contributed by atoms with E-state index < -0.39 is 0 Å². The first-order valence-electron chi connectivity index (χ1n) is 8.48. The number of rotatable bonds is 7. The minimum atomic E-state index is -0.0875. The average Bonchev–Trinajstić information content (AvgIpc) is 2.75. The van der Waals surface area contributed by atoms with E-state index in [2.05, 4.69) is 19.9 Å². The maximum absolute atomic E-state index is 12.8. The van der Waals surface area contributed by atoms with Crippen molar-refractivity contribution in [3.8, 4) is 12.0 Å². The highest BCUT2D eigenvalue weighted by Crippen LogP contribution is 2.27. The van der Waals surface area contributed by atoms with Gasteiger partial charge in [0.25, 0.3) is 5.91 Å². The number of aromatic nitrogens is 4. The summed E-state index contributed by atoms with van der Waals surface area (Å²) in [6.45, 7) is 2.47. The molecule has 0 spiro atoms. The van der Waals surface area contributed by atoms with Gasteiger partial charge >= 0.3 is 12.0 Å². The van der Waals surface area contributed by atoms with Gasteiger partial charge in [-0.3, -0.25) is 9.78 Å². The Morgan fingerprint density at radius 3 is 2.25 bits per heavy atom. The first-order valence-corrected chi connectivity index (χ1v) is 9.30. The standard InChI is InChI=1S/C19H19N5O3S/c1-4-24(14-6-5-11-20-12-14)16(25)13-7-9-15(10-8-13)28-19-22-17(26-2)21-18(23-19)27-3/h5-12H,4H2,1-3H3. The Bertz CT molecular complexity index is 916. The molecule has 3 aromatic rings. The predicted octanol–water partition coefficient (Wildman–Crippen LogP) is 3.10. The third kappa shape index (κ3) is 4.55. The number of hydrogen-bond acceptors (Lipinski definition) is 8. The van der Waals surface area contributed by atoms with Crippen LogP contribution in [0.1, 0.15) is 17.3 Å². The Balaban J connectivity index is 1.77. The number of benzene rings is 1. The zero-order valence-electron chi connectivity index (χ0n) is 15.7. The van der Waals surface area contributed by atoms with Gasteiger partial charge in [0.1, 0.15) is 0 Å². The molecule has 0 aliphatic carbocycles. The van der Waals surface area contributed by atoms with Gasteiger partial charge < -0.3 is 14.4 Å². The van der Waals surface area contributed by atoms with Crippen LogP contribution in [0, 0.1) is 0 Å². The van der Waals surface area contributed by atoms with Crippen LogP contribution >= 0.6 is 11.8 Å². The average molecular weight is 397 g/mol. The van der Waals surface area contributed by atoms with Crippen molar-refractivity contribution in [2.24, 2.45) is 0 Å². The second-order valence-electron chi connectivity index (χ2n) is 5.48. The van der Waals surface area contributed by atoms with Crippen LogP contribution < -0.4 is 14.4 Å². The van der Waals surface area contributed by atoms with Gasteiger partial charge in [0.15, 0.2) is 0 Å². The lowest BCUT2D eigenvalue weighted by Crippen LogP contribution is -2.30. The van der Waals surface area contributed by atoms with Gasteiger partial charge in [0.2, 0.25) is 5.16 Å². The van der Waals surface area contributed by atoms with E-state index in [4.69, 9.17) is 9.47 Å². The molecule has 0 radical (unpaired) electrons. The molecule has 144 valence electrons. The van der Waals surface area contributed by atoms with Crippen molar-refractivity contribution >= 4 is 23.4 Å². The van der Waals surface area contributed by atoms with Gasteiger partial charge in [-0.15, -0.1) is 4.98 Å². The third-order valence-corrected chi connectivity index (χ3v) is 4.64. The van der Waals surface area contributed by atoms with E-state index in [1.807, 2.05) is 31.2 Å². The number of nitrogens with zero attached hydrogens (tertiary/aromatic N) is 5. The van der Waals surface area contributed by atoms with E-state index in [0.29, 0.717) is 17.3 Å². The summed E-state index contributed by atoms with van der Waals surface area (Å²) in [6, 6.07) is 11.3. The molecule has 2 heterocycles. The molecule has 0 fully saturated rings. The van der Waals surface area contributed by atoms with Gasteiger partial charge in [0, 0.05) is 23.2 Å². The molecule has 0 aliphatic rings. The van der Waals surface area contributed by atoms with Crippen molar-refractivity contribution in [1.82, 2.24) is 19.9 Å². The smallest absolute Gasteiger partial charge is 0.323 e. The summed E-state index contributed by atoms with van der Waals surface area (Å²) < 4.78 is 10.1. The Morgan fingerprint density at radius 1 is 1.04 bits per heavy atom. The van der Waals surface area contributed by atoms with Crippen LogP contribution in [-0.2, 0) is 0 Å². The molecule has 0 N–H and O–H groups in total. The molecule has 0 atom stereocenters. The molecule has 0 saturated heterocycles. The molecular weight excluding hydrogens is 378 g/mol. The van der Waals surface area contributed by atoms with Gasteiger partial charge in [-0.25, -0.2) is 0 Å². The zero-order chi connectivity index (χ0) is 19.9. The van der Waals surface area contributed by atoms with E-state index in [9.17, 15) is 4.79 Å². The summed E-state index contributed by atoms with van der Waals surface area (Å²) in [5, 5.41) is 0.438. The van der Waals surface area contributed by atoms with Crippen molar-refractivity contribution in [2.45, 2.75) is 17.0 Å². The highest BCUT2D eigenvalue weighted by atomic mass is 32.2. The normalized spacial score (nSPS) is 10.4. The Hall–Kier alpha value is -3.20. The molecule has 8 nitrogen and oxygen atoms in total. The summed E-state index contributed by atoms with van der Waals surface area (Å²) in [5.74, 6) is -0.0875.